The van der Waals surface area contributed by atoms with Gasteiger partial charge in [0.1, 0.15) is 5.69 Å². The van der Waals surface area contributed by atoms with Crippen LogP contribution in [0.2, 0.25) is 0 Å². The van der Waals surface area contributed by atoms with Crippen molar-refractivity contribution in [2.24, 2.45) is 0 Å². The second-order valence-electron chi connectivity index (χ2n) is 5.20. The fraction of sp³-hybridized carbons (Fsp3) is 0.438. The van der Waals surface area contributed by atoms with Gasteiger partial charge in [-0.25, -0.2) is 0 Å². The van der Waals surface area contributed by atoms with Gasteiger partial charge in [-0.05, 0) is 18.6 Å². The molecule has 0 radical (unpaired) electrons. The van der Waals surface area contributed by atoms with Crippen molar-refractivity contribution < 1.29 is 27.6 Å². The van der Waals surface area contributed by atoms with Crippen molar-refractivity contribution in [2.75, 3.05) is 31.6 Å². The first-order valence-corrected chi connectivity index (χ1v) is 7.80. The summed E-state index contributed by atoms with van der Waals surface area (Å²) in [6, 6.07) is 2.19. The van der Waals surface area contributed by atoms with Gasteiger partial charge >= 0.3 is 6.18 Å². The van der Waals surface area contributed by atoms with Crippen molar-refractivity contribution in [2.45, 2.75) is 19.0 Å². The second kappa shape index (κ2) is 10.4. The standard InChI is InChI=1S/C16H20F3N3O4/c1-2-3-9-26-10-8-21-15(23)6-7-20-13-5-4-12(16(17,18)19)11-14(13)22(24)25/h2,4-5,11,20H,1,3,6-10H2,(H,21,23). The van der Waals surface area contributed by atoms with Crippen LogP contribution in [0.25, 0.3) is 0 Å². The Bertz CT molecular complexity index is 636. The summed E-state index contributed by atoms with van der Waals surface area (Å²) in [5, 5.41) is 16.2. The van der Waals surface area contributed by atoms with Crippen LogP contribution in [0.3, 0.4) is 0 Å². The first-order chi connectivity index (χ1) is 12.3. The Morgan fingerprint density at radius 2 is 2.04 bits per heavy atom. The number of nitro groups is 1. The van der Waals surface area contributed by atoms with Crippen LogP contribution in [-0.2, 0) is 15.7 Å². The highest BCUT2D eigenvalue weighted by molar-refractivity contribution is 5.76. The average molecular weight is 375 g/mol. The average Bonchev–Trinajstić information content (AvgIpc) is 2.57. The molecule has 0 saturated carbocycles. The highest BCUT2D eigenvalue weighted by Gasteiger charge is 2.33. The van der Waals surface area contributed by atoms with E-state index < -0.39 is 22.4 Å². The van der Waals surface area contributed by atoms with Gasteiger partial charge in [-0.1, -0.05) is 6.08 Å². The molecule has 7 nitrogen and oxygen atoms in total. The third kappa shape index (κ3) is 7.51. The minimum atomic E-state index is -4.67. The number of halogens is 3. The highest BCUT2D eigenvalue weighted by Crippen LogP contribution is 2.34. The summed E-state index contributed by atoms with van der Waals surface area (Å²) in [5.41, 5.74) is -1.89. The number of benzene rings is 1. The van der Waals surface area contributed by atoms with Gasteiger partial charge in [0.15, 0.2) is 0 Å². The summed E-state index contributed by atoms with van der Waals surface area (Å²) in [5.74, 6) is -0.306. The van der Waals surface area contributed by atoms with Crippen molar-refractivity contribution in [1.29, 1.82) is 0 Å². The topological polar surface area (TPSA) is 93.5 Å². The van der Waals surface area contributed by atoms with Gasteiger partial charge in [-0.15, -0.1) is 6.58 Å². The Labute approximate surface area is 148 Å². The van der Waals surface area contributed by atoms with E-state index in [-0.39, 0.29) is 24.6 Å². The lowest BCUT2D eigenvalue weighted by atomic mass is 10.1. The molecule has 144 valence electrons. The molecule has 0 aliphatic heterocycles. The Hall–Kier alpha value is -2.62. The smallest absolute Gasteiger partial charge is 0.379 e. The van der Waals surface area contributed by atoms with E-state index in [9.17, 15) is 28.1 Å². The largest absolute Gasteiger partial charge is 0.416 e. The van der Waals surface area contributed by atoms with Gasteiger partial charge in [0, 0.05) is 25.6 Å². The Kier molecular flexibility index (Phi) is 8.56. The molecule has 1 aromatic carbocycles. The summed E-state index contributed by atoms with van der Waals surface area (Å²) >= 11 is 0. The monoisotopic (exact) mass is 375 g/mol. The first kappa shape index (κ1) is 21.4. The summed E-state index contributed by atoms with van der Waals surface area (Å²) < 4.78 is 43.1. The van der Waals surface area contributed by atoms with Crippen LogP contribution in [0.4, 0.5) is 24.5 Å². The Morgan fingerprint density at radius 3 is 2.65 bits per heavy atom. The number of nitrogens with one attached hydrogen (secondary N) is 2. The normalized spacial score (nSPS) is 11.0. The van der Waals surface area contributed by atoms with E-state index in [0.29, 0.717) is 32.2 Å². The molecule has 1 amide bonds. The summed E-state index contributed by atoms with van der Waals surface area (Å²) in [7, 11) is 0. The molecule has 0 aliphatic carbocycles. The highest BCUT2D eigenvalue weighted by atomic mass is 19.4. The number of nitro benzene ring substituents is 1. The third-order valence-electron chi connectivity index (χ3n) is 3.22. The lowest BCUT2D eigenvalue weighted by molar-refractivity contribution is -0.384. The van der Waals surface area contributed by atoms with Crippen LogP contribution >= 0.6 is 0 Å². The number of rotatable bonds is 11. The van der Waals surface area contributed by atoms with Gasteiger partial charge in [0.2, 0.25) is 5.91 Å². The zero-order valence-corrected chi connectivity index (χ0v) is 14.0. The van der Waals surface area contributed by atoms with Crippen LogP contribution in [0.1, 0.15) is 18.4 Å². The number of hydrogen-bond acceptors (Lipinski definition) is 5. The van der Waals surface area contributed by atoms with E-state index in [1.165, 1.54) is 0 Å². The molecular weight excluding hydrogens is 355 g/mol. The van der Waals surface area contributed by atoms with Crippen LogP contribution in [-0.4, -0.2) is 37.1 Å². The van der Waals surface area contributed by atoms with Gasteiger partial charge < -0.3 is 15.4 Å². The number of alkyl halides is 3. The molecule has 0 heterocycles. The molecule has 2 N–H and O–H groups in total. The number of carbonyl (C=O) groups is 1. The minimum absolute atomic E-state index is 0.00480. The lowest BCUT2D eigenvalue weighted by Crippen LogP contribution is -2.28. The van der Waals surface area contributed by atoms with Crippen molar-refractivity contribution in [3.8, 4) is 0 Å². The summed E-state index contributed by atoms with van der Waals surface area (Å²) in [4.78, 5) is 21.7. The molecule has 1 aromatic rings. The predicted octanol–water partition coefficient (Wildman–Crippen LogP) is 3.12. The van der Waals surface area contributed by atoms with Gasteiger partial charge in [-0.2, -0.15) is 13.2 Å². The molecule has 10 heteroatoms. The van der Waals surface area contributed by atoms with Crippen molar-refractivity contribution in [3.05, 3.63) is 46.5 Å². The molecule has 1 rings (SSSR count). The van der Waals surface area contributed by atoms with E-state index in [1.54, 1.807) is 6.08 Å². The van der Waals surface area contributed by atoms with E-state index in [4.69, 9.17) is 4.74 Å². The molecule has 0 bridgehead atoms. The van der Waals surface area contributed by atoms with E-state index in [1.807, 2.05) is 0 Å². The van der Waals surface area contributed by atoms with Gasteiger partial charge in [0.05, 0.1) is 23.7 Å². The number of amides is 1. The first-order valence-electron chi connectivity index (χ1n) is 7.80. The number of anilines is 1. The SMILES string of the molecule is C=CCCOCCNC(=O)CCNc1ccc(C(F)(F)F)cc1[N+](=O)[O-]. The molecule has 0 spiro atoms. The maximum Gasteiger partial charge on any atom is 0.416 e. The molecule has 0 unspecified atom stereocenters. The number of nitrogens with zero attached hydrogens (tertiary/aromatic N) is 1. The number of ether oxygens (including phenoxy) is 1. The van der Waals surface area contributed by atoms with E-state index >= 15 is 0 Å². The van der Waals surface area contributed by atoms with Crippen molar-refractivity contribution in [1.82, 2.24) is 5.32 Å². The van der Waals surface area contributed by atoms with Crippen molar-refractivity contribution in [3.63, 3.8) is 0 Å². The maximum atomic E-state index is 12.6. The van der Waals surface area contributed by atoms with Gasteiger partial charge in [-0.3, -0.25) is 14.9 Å². The van der Waals surface area contributed by atoms with E-state index in [2.05, 4.69) is 17.2 Å². The van der Waals surface area contributed by atoms with E-state index in [0.717, 1.165) is 12.1 Å². The quantitative estimate of drug-likeness (QED) is 0.268. The summed E-state index contributed by atoms with van der Waals surface area (Å²) in [6.45, 7) is 4.75. The molecule has 26 heavy (non-hydrogen) atoms. The molecule has 0 fully saturated rings. The molecular formula is C16H20F3N3O4. The van der Waals surface area contributed by atoms with Crippen molar-refractivity contribution >= 4 is 17.3 Å². The summed E-state index contributed by atoms with van der Waals surface area (Å²) in [6.07, 6.45) is -2.24. The molecule has 0 aliphatic rings. The minimum Gasteiger partial charge on any atom is -0.379 e. The number of hydrogen-bond donors (Lipinski definition) is 2. The number of carbonyl (C=O) groups excluding carboxylic acids is 1. The molecule has 0 saturated heterocycles. The third-order valence-corrected chi connectivity index (χ3v) is 3.22. The van der Waals surface area contributed by atoms with Crippen LogP contribution in [0.5, 0.6) is 0 Å². The second-order valence-corrected chi connectivity index (χ2v) is 5.20. The maximum absolute atomic E-state index is 12.6. The zero-order valence-electron chi connectivity index (χ0n) is 14.0. The van der Waals surface area contributed by atoms with Crippen LogP contribution in [0.15, 0.2) is 30.9 Å². The Balaban J connectivity index is 2.46. The van der Waals surface area contributed by atoms with Gasteiger partial charge in [0.25, 0.3) is 5.69 Å². The molecule has 0 aromatic heterocycles. The fourth-order valence-corrected chi connectivity index (χ4v) is 1.94. The Morgan fingerprint density at radius 1 is 1.31 bits per heavy atom. The van der Waals surface area contributed by atoms with Crippen LogP contribution in [0, 0.1) is 10.1 Å². The zero-order chi connectivity index (χ0) is 19.6. The predicted molar refractivity (Wildman–Crippen MR) is 89.8 cm³/mol. The molecule has 0 atom stereocenters. The lowest BCUT2D eigenvalue weighted by Gasteiger charge is -2.11. The van der Waals surface area contributed by atoms with Crippen LogP contribution < -0.4 is 10.6 Å². The fourth-order valence-electron chi connectivity index (χ4n) is 1.94.